The summed E-state index contributed by atoms with van der Waals surface area (Å²) in [7, 11) is -2.16. The van der Waals surface area contributed by atoms with Crippen molar-refractivity contribution < 1.29 is 32.7 Å². The lowest BCUT2D eigenvalue weighted by atomic mass is 10.1. The second-order valence-electron chi connectivity index (χ2n) is 2.80. The number of ketones is 1. The predicted molar refractivity (Wildman–Crippen MR) is 47.6 cm³/mol. The molecule has 0 spiro atoms. The number of carbonyl (C=O) groups is 1. The maximum absolute atomic E-state index is 12.0. The summed E-state index contributed by atoms with van der Waals surface area (Å²) in [6, 6.07) is 4.05. The van der Waals surface area contributed by atoms with E-state index < -0.39 is 24.8 Å². The van der Waals surface area contributed by atoms with Crippen molar-refractivity contribution in [2.75, 3.05) is 0 Å². The van der Waals surface area contributed by atoms with E-state index >= 15 is 0 Å². The van der Waals surface area contributed by atoms with Gasteiger partial charge in [0.2, 0.25) is 0 Å². The van der Waals surface area contributed by atoms with Crippen molar-refractivity contribution in [1.82, 2.24) is 0 Å². The summed E-state index contributed by atoms with van der Waals surface area (Å²) in [6.07, 6.45) is -4.98. The van der Waals surface area contributed by atoms with Crippen LogP contribution in [0.25, 0.3) is 0 Å². The molecule has 0 saturated carbocycles. The van der Waals surface area contributed by atoms with Crippen LogP contribution in [0.3, 0.4) is 0 Å². The highest BCUT2D eigenvalue weighted by Gasteiger charge is 2.39. The first-order valence-corrected chi connectivity index (χ1v) is 4.05. The van der Waals surface area contributed by atoms with Gasteiger partial charge in [0, 0.05) is 5.56 Å². The van der Waals surface area contributed by atoms with E-state index in [1.165, 1.54) is 6.07 Å². The highest BCUT2D eigenvalue weighted by molar-refractivity contribution is 6.33. The van der Waals surface area contributed by atoms with Gasteiger partial charge < -0.3 is 14.7 Å². The Bertz CT molecular complexity index is 391. The van der Waals surface area contributed by atoms with Gasteiger partial charge in [0.25, 0.3) is 5.78 Å². The van der Waals surface area contributed by atoms with E-state index in [2.05, 4.69) is 4.65 Å². The van der Waals surface area contributed by atoms with Crippen LogP contribution in [-0.2, 0) is 0 Å². The summed E-state index contributed by atoms with van der Waals surface area (Å²) in [5.41, 5.74) is -0.634. The molecule has 0 fully saturated rings. The van der Waals surface area contributed by atoms with E-state index in [0.717, 1.165) is 18.2 Å². The van der Waals surface area contributed by atoms with Crippen LogP contribution >= 0.6 is 0 Å². The second-order valence-corrected chi connectivity index (χ2v) is 2.80. The summed E-state index contributed by atoms with van der Waals surface area (Å²) in [5, 5.41) is 16.8. The lowest BCUT2D eigenvalue weighted by molar-refractivity contribution is -0.0885. The SMILES string of the molecule is O=C(c1cccc(OB(O)O)c1)C(F)(F)F. The maximum Gasteiger partial charge on any atom is 0.707 e. The first-order chi connectivity index (χ1) is 7.30. The monoisotopic (exact) mass is 234 g/mol. The van der Waals surface area contributed by atoms with Gasteiger partial charge in [-0.2, -0.15) is 13.2 Å². The number of Topliss-reactive ketones (excluding diaryl/α,β-unsaturated/α-hetero) is 1. The van der Waals surface area contributed by atoms with Crippen LogP contribution < -0.4 is 4.65 Å². The smallest absolute Gasteiger partial charge is 0.512 e. The molecule has 0 amide bonds. The molecule has 0 radical (unpaired) electrons. The third-order valence-corrected chi connectivity index (χ3v) is 1.60. The van der Waals surface area contributed by atoms with Crippen LogP contribution in [0.1, 0.15) is 10.4 Å². The highest BCUT2D eigenvalue weighted by atomic mass is 19.4. The van der Waals surface area contributed by atoms with Crippen LogP contribution in [0, 0.1) is 0 Å². The molecule has 0 heterocycles. The highest BCUT2D eigenvalue weighted by Crippen LogP contribution is 2.23. The molecule has 8 heteroatoms. The molecule has 0 aliphatic rings. The summed E-state index contributed by atoms with van der Waals surface area (Å²) in [5.74, 6) is -2.27. The Hall–Kier alpha value is -1.54. The lowest BCUT2D eigenvalue weighted by Crippen LogP contribution is -2.23. The van der Waals surface area contributed by atoms with Gasteiger partial charge in [0.1, 0.15) is 5.75 Å². The molecule has 0 aliphatic heterocycles. The standard InChI is InChI=1S/C8H6BF3O4/c10-8(11,12)7(13)5-2-1-3-6(4-5)16-9(14)15/h1-4,14-15H. The molecule has 0 aromatic heterocycles. The molecule has 0 aliphatic carbocycles. The first-order valence-electron chi connectivity index (χ1n) is 4.05. The zero-order valence-electron chi connectivity index (χ0n) is 7.73. The minimum atomic E-state index is -4.98. The van der Waals surface area contributed by atoms with Crippen LogP contribution in [0.4, 0.5) is 13.2 Å². The van der Waals surface area contributed by atoms with Gasteiger partial charge in [-0.3, -0.25) is 4.79 Å². The van der Waals surface area contributed by atoms with E-state index in [-0.39, 0.29) is 5.75 Å². The largest absolute Gasteiger partial charge is 0.707 e. The molecular weight excluding hydrogens is 228 g/mol. The summed E-state index contributed by atoms with van der Waals surface area (Å²) in [6.45, 7) is 0. The van der Waals surface area contributed by atoms with E-state index in [4.69, 9.17) is 10.0 Å². The lowest BCUT2D eigenvalue weighted by Gasteiger charge is -2.08. The summed E-state index contributed by atoms with van der Waals surface area (Å²) in [4.78, 5) is 10.8. The Labute approximate surface area is 88.4 Å². The zero-order chi connectivity index (χ0) is 12.3. The van der Waals surface area contributed by atoms with Crippen molar-refractivity contribution in [1.29, 1.82) is 0 Å². The van der Waals surface area contributed by atoms with Gasteiger partial charge in [-0.1, -0.05) is 12.1 Å². The fourth-order valence-electron chi connectivity index (χ4n) is 0.996. The Morgan fingerprint density at radius 3 is 2.44 bits per heavy atom. The van der Waals surface area contributed by atoms with Crippen LogP contribution in [-0.4, -0.2) is 29.3 Å². The molecule has 1 aromatic rings. The minimum Gasteiger partial charge on any atom is -0.512 e. The normalized spacial score (nSPS) is 11.1. The van der Waals surface area contributed by atoms with E-state index in [0.29, 0.717) is 0 Å². The van der Waals surface area contributed by atoms with E-state index in [1.54, 1.807) is 0 Å². The van der Waals surface area contributed by atoms with Gasteiger partial charge >= 0.3 is 13.5 Å². The molecule has 0 unspecified atom stereocenters. The van der Waals surface area contributed by atoms with Crippen molar-refractivity contribution in [2.45, 2.75) is 6.18 Å². The van der Waals surface area contributed by atoms with Crippen molar-refractivity contribution >= 4 is 13.1 Å². The molecule has 0 bridgehead atoms. The fraction of sp³-hybridized carbons (Fsp3) is 0.125. The summed E-state index contributed by atoms with van der Waals surface area (Å²) < 4.78 is 40.4. The molecular formula is C8H6BF3O4. The number of carbonyl (C=O) groups excluding carboxylic acids is 1. The van der Waals surface area contributed by atoms with Gasteiger partial charge in [-0.05, 0) is 12.1 Å². The average molecular weight is 234 g/mol. The fourth-order valence-corrected chi connectivity index (χ4v) is 0.996. The summed E-state index contributed by atoms with van der Waals surface area (Å²) >= 11 is 0. The van der Waals surface area contributed by atoms with Crippen molar-refractivity contribution in [2.24, 2.45) is 0 Å². The Morgan fingerprint density at radius 2 is 1.94 bits per heavy atom. The van der Waals surface area contributed by atoms with Gasteiger partial charge in [0.15, 0.2) is 0 Å². The Morgan fingerprint density at radius 1 is 1.31 bits per heavy atom. The maximum atomic E-state index is 12.0. The molecule has 16 heavy (non-hydrogen) atoms. The zero-order valence-corrected chi connectivity index (χ0v) is 7.73. The number of alkyl halides is 3. The molecule has 0 saturated heterocycles. The number of hydrogen-bond donors (Lipinski definition) is 2. The minimum absolute atomic E-state index is 0.245. The molecule has 4 nitrogen and oxygen atoms in total. The van der Waals surface area contributed by atoms with Crippen molar-refractivity contribution in [3.8, 4) is 5.75 Å². The molecule has 2 N–H and O–H groups in total. The van der Waals surface area contributed by atoms with Gasteiger partial charge in [0.05, 0.1) is 0 Å². The van der Waals surface area contributed by atoms with Crippen molar-refractivity contribution in [3.63, 3.8) is 0 Å². The van der Waals surface area contributed by atoms with Crippen molar-refractivity contribution in [3.05, 3.63) is 29.8 Å². The molecule has 86 valence electrons. The number of halogens is 3. The van der Waals surface area contributed by atoms with Gasteiger partial charge in [-0.15, -0.1) is 0 Å². The van der Waals surface area contributed by atoms with Crippen LogP contribution in [0.15, 0.2) is 24.3 Å². The molecule has 1 rings (SSSR count). The molecule has 1 aromatic carbocycles. The van der Waals surface area contributed by atoms with Gasteiger partial charge in [-0.25, -0.2) is 0 Å². The topological polar surface area (TPSA) is 66.8 Å². The van der Waals surface area contributed by atoms with Crippen LogP contribution in [0.2, 0.25) is 0 Å². The predicted octanol–water partition coefficient (Wildman–Crippen LogP) is 0.780. The number of benzene rings is 1. The molecule has 0 atom stereocenters. The average Bonchev–Trinajstić information content (AvgIpc) is 2.14. The number of rotatable bonds is 3. The van der Waals surface area contributed by atoms with E-state index in [9.17, 15) is 18.0 Å². The second kappa shape index (κ2) is 4.54. The third-order valence-electron chi connectivity index (χ3n) is 1.60. The number of hydrogen-bond acceptors (Lipinski definition) is 4. The Balaban J connectivity index is 2.95. The third kappa shape index (κ3) is 3.25. The van der Waals surface area contributed by atoms with E-state index in [1.807, 2.05) is 0 Å². The van der Waals surface area contributed by atoms with Crippen LogP contribution in [0.5, 0.6) is 5.75 Å². The first kappa shape index (κ1) is 12.5. The Kier molecular flexibility index (Phi) is 3.56. The quantitative estimate of drug-likeness (QED) is 0.599.